The standard InChI is InChI=1S/C18H31N5OS/c1-4-19-18(21-13-15-8-12-25-14-15)20-9-6-11-23-10-5-7-16(23)17(24)22(2)3/h8,12,14,16H,4-7,9-11,13H2,1-3H3,(H2,19,20,21). The summed E-state index contributed by atoms with van der Waals surface area (Å²) in [6.07, 6.45) is 3.09. The van der Waals surface area contributed by atoms with E-state index in [1.807, 2.05) is 14.1 Å². The molecule has 0 spiro atoms. The summed E-state index contributed by atoms with van der Waals surface area (Å²) < 4.78 is 0. The van der Waals surface area contributed by atoms with Gasteiger partial charge < -0.3 is 15.5 Å². The molecule has 1 aliphatic heterocycles. The van der Waals surface area contributed by atoms with Gasteiger partial charge in [-0.1, -0.05) is 0 Å². The van der Waals surface area contributed by atoms with E-state index in [1.54, 1.807) is 16.2 Å². The summed E-state index contributed by atoms with van der Waals surface area (Å²) in [4.78, 5) is 20.9. The molecule has 1 aromatic heterocycles. The van der Waals surface area contributed by atoms with Crippen molar-refractivity contribution >= 4 is 23.2 Å². The number of hydrogen-bond acceptors (Lipinski definition) is 4. The zero-order chi connectivity index (χ0) is 18.1. The number of carbonyl (C=O) groups is 1. The molecule has 1 unspecified atom stereocenters. The van der Waals surface area contributed by atoms with Crippen LogP contribution in [0.15, 0.2) is 21.8 Å². The summed E-state index contributed by atoms with van der Waals surface area (Å²) >= 11 is 1.70. The van der Waals surface area contributed by atoms with Crippen LogP contribution < -0.4 is 10.6 Å². The first kappa shape index (κ1) is 19.7. The van der Waals surface area contributed by atoms with Crippen LogP contribution >= 0.6 is 11.3 Å². The molecule has 140 valence electrons. The third-order valence-corrected chi connectivity index (χ3v) is 5.08. The predicted molar refractivity (Wildman–Crippen MR) is 105 cm³/mol. The van der Waals surface area contributed by atoms with Gasteiger partial charge in [0.1, 0.15) is 0 Å². The number of nitrogens with zero attached hydrogens (tertiary/aromatic N) is 3. The summed E-state index contributed by atoms with van der Waals surface area (Å²) in [6, 6.07) is 2.17. The molecule has 0 bridgehead atoms. The van der Waals surface area contributed by atoms with Crippen LogP contribution in [0.1, 0.15) is 31.7 Å². The monoisotopic (exact) mass is 365 g/mol. The van der Waals surface area contributed by atoms with E-state index < -0.39 is 0 Å². The summed E-state index contributed by atoms with van der Waals surface area (Å²) in [6.45, 7) is 6.45. The number of amides is 1. The SMILES string of the molecule is CCNC(=NCc1ccsc1)NCCCN1CCCC1C(=O)N(C)C. The molecule has 1 saturated heterocycles. The number of aliphatic imine (C=N–C) groups is 1. The molecule has 2 heterocycles. The lowest BCUT2D eigenvalue weighted by Gasteiger charge is -2.26. The first-order valence-electron chi connectivity index (χ1n) is 9.10. The first-order valence-corrected chi connectivity index (χ1v) is 10.0. The highest BCUT2D eigenvalue weighted by molar-refractivity contribution is 7.07. The second kappa shape index (κ2) is 10.4. The normalized spacial score (nSPS) is 18.4. The molecule has 1 amide bonds. The number of carbonyl (C=O) groups excluding carboxylic acids is 1. The van der Waals surface area contributed by atoms with Crippen LogP contribution in [0, 0.1) is 0 Å². The molecule has 7 heteroatoms. The van der Waals surface area contributed by atoms with Crippen molar-refractivity contribution in [2.45, 2.75) is 38.8 Å². The highest BCUT2D eigenvalue weighted by Gasteiger charge is 2.30. The van der Waals surface area contributed by atoms with Crippen LogP contribution in [0.4, 0.5) is 0 Å². The van der Waals surface area contributed by atoms with Crippen molar-refractivity contribution in [1.82, 2.24) is 20.4 Å². The Labute approximate surface area is 155 Å². The molecular weight excluding hydrogens is 334 g/mol. The fraction of sp³-hybridized carbons (Fsp3) is 0.667. The molecule has 1 aromatic rings. The van der Waals surface area contributed by atoms with Gasteiger partial charge in [0, 0.05) is 33.7 Å². The highest BCUT2D eigenvalue weighted by atomic mass is 32.1. The van der Waals surface area contributed by atoms with Crippen LogP contribution in [0.3, 0.4) is 0 Å². The summed E-state index contributed by atoms with van der Waals surface area (Å²) in [7, 11) is 3.68. The zero-order valence-electron chi connectivity index (χ0n) is 15.6. The van der Waals surface area contributed by atoms with Crippen molar-refractivity contribution in [3.05, 3.63) is 22.4 Å². The molecule has 2 rings (SSSR count). The molecule has 2 N–H and O–H groups in total. The van der Waals surface area contributed by atoms with E-state index >= 15 is 0 Å². The van der Waals surface area contributed by atoms with Crippen molar-refractivity contribution in [3.8, 4) is 0 Å². The molecule has 1 atom stereocenters. The van der Waals surface area contributed by atoms with Crippen LogP contribution in [0.2, 0.25) is 0 Å². The second-order valence-electron chi connectivity index (χ2n) is 6.53. The summed E-state index contributed by atoms with van der Waals surface area (Å²) in [5, 5.41) is 10.9. The maximum atomic E-state index is 12.2. The Morgan fingerprint density at radius 1 is 1.44 bits per heavy atom. The Morgan fingerprint density at radius 2 is 2.28 bits per heavy atom. The molecule has 0 radical (unpaired) electrons. The Kier molecular flexibility index (Phi) is 8.21. The van der Waals surface area contributed by atoms with Crippen molar-refractivity contribution < 1.29 is 4.79 Å². The van der Waals surface area contributed by atoms with E-state index in [1.165, 1.54) is 5.56 Å². The van der Waals surface area contributed by atoms with Gasteiger partial charge >= 0.3 is 0 Å². The molecule has 0 saturated carbocycles. The molecule has 0 aliphatic carbocycles. The second-order valence-corrected chi connectivity index (χ2v) is 7.31. The van der Waals surface area contributed by atoms with E-state index in [4.69, 9.17) is 0 Å². The summed E-state index contributed by atoms with van der Waals surface area (Å²) in [5.41, 5.74) is 1.24. The fourth-order valence-electron chi connectivity index (χ4n) is 3.06. The lowest BCUT2D eigenvalue weighted by Crippen LogP contribution is -2.44. The predicted octanol–water partition coefficient (Wildman–Crippen LogP) is 1.75. The summed E-state index contributed by atoms with van der Waals surface area (Å²) in [5.74, 6) is 1.09. The maximum Gasteiger partial charge on any atom is 0.239 e. The van der Waals surface area contributed by atoms with Gasteiger partial charge in [0.25, 0.3) is 0 Å². The number of thiophene rings is 1. The number of rotatable bonds is 8. The number of nitrogens with one attached hydrogen (secondary N) is 2. The van der Waals surface area contributed by atoms with Gasteiger partial charge in [0.2, 0.25) is 5.91 Å². The Morgan fingerprint density at radius 3 is 2.96 bits per heavy atom. The van der Waals surface area contributed by atoms with Crippen molar-refractivity contribution in [2.24, 2.45) is 4.99 Å². The zero-order valence-corrected chi connectivity index (χ0v) is 16.4. The molecule has 25 heavy (non-hydrogen) atoms. The Hall–Kier alpha value is -1.60. The van der Waals surface area contributed by atoms with Gasteiger partial charge in [-0.05, 0) is 55.1 Å². The third kappa shape index (κ3) is 6.32. The van der Waals surface area contributed by atoms with Gasteiger partial charge in [-0.2, -0.15) is 11.3 Å². The minimum Gasteiger partial charge on any atom is -0.357 e. The van der Waals surface area contributed by atoms with Gasteiger partial charge in [-0.3, -0.25) is 9.69 Å². The third-order valence-electron chi connectivity index (χ3n) is 4.35. The van der Waals surface area contributed by atoms with Crippen LogP contribution in [0.25, 0.3) is 0 Å². The topological polar surface area (TPSA) is 60.0 Å². The molecule has 6 nitrogen and oxygen atoms in total. The van der Waals surface area contributed by atoms with Gasteiger partial charge in [0.15, 0.2) is 5.96 Å². The Balaban J connectivity index is 1.74. The van der Waals surface area contributed by atoms with Crippen molar-refractivity contribution in [3.63, 3.8) is 0 Å². The number of likely N-dealkylation sites (N-methyl/N-ethyl adjacent to an activating group) is 1. The van der Waals surface area contributed by atoms with E-state index in [2.05, 4.69) is 44.3 Å². The van der Waals surface area contributed by atoms with E-state index in [0.29, 0.717) is 6.54 Å². The van der Waals surface area contributed by atoms with Crippen molar-refractivity contribution in [1.29, 1.82) is 0 Å². The quantitative estimate of drug-likeness (QED) is 0.419. The van der Waals surface area contributed by atoms with Crippen LogP contribution in [-0.2, 0) is 11.3 Å². The number of likely N-dealkylation sites (tertiary alicyclic amines) is 1. The average Bonchev–Trinajstić information content (AvgIpc) is 3.27. The number of guanidine groups is 1. The lowest BCUT2D eigenvalue weighted by molar-refractivity contribution is -0.133. The minimum absolute atomic E-state index is 0.0653. The van der Waals surface area contributed by atoms with E-state index in [-0.39, 0.29) is 11.9 Å². The molecular formula is C18H31N5OS. The smallest absolute Gasteiger partial charge is 0.239 e. The highest BCUT2D eigenvalue weighted by Crippen LogP contribution is 2.18. The lowest BCUT2D eigenvalue weighted by atomic mass is 10.2. The molecule has 1 fully saturated rings. The van der Waals surface area contributed by atoms with Crippen LogP contribution in [0.5, 0.6) is 0 Å². The van der Waals surface area contributed by atoms with E-state index in [0.717, 1.165) is 51.4 Å². The van der Waals surface area contributed by atoms with E-state index in [9.17, 15) is 4.79 Å². The number of hydrogen-bond donors (Lipinski definition) is 2. The first-order chi connectivity index (χ1) is 12.1. The average molecular weight is 366 g/mol. The molecule has 1 aliphatic rings. The van der Waals surface area contributed by atoms with Crippen LogP contribution in [-0.4, -0.2) is 68.0 Å². The fourth-order valence-corrected chi connectivity index (χ4v) is 3.71. The maximum absolute atomic E-state index is 12.2. The van der Waals surface area contributed by atoms with Gasteiger partial charge in [-0.25, -0.2) is 4.99 Å². The largest absolute Gasteiger partial charge is 0.357 e. The molecule has 0 aromatic carbocycles. The van der Waals surface area contributed by atoms with Gasteiger partial charge in [-0.15, -0.1) is 0 Å². The van der Waals surface area contributed by atoms with Gasteiger partial charge in [0.05, 0.1) is 12.6 Å². The Bertz CT molecular complexity index is 544. The minimum atomic E-state index is 0.0653. The van der Waals surface area contributed by atoms with Crippen molar-refractivity contribution in [2.75, 3.05) is 40.3 Å².